The van der Waals surface area contributed by atoms with Crippen LogP contribution >= 0.6 is 11.3 Å². The third-order valence-electron chi connectivity index (χ3n) is 4.87. The van der Waals surface area contributed by atoms with Crippen molar-refractivity contribution in [1.82, 2.24) is 4.68 Å². The first-order valence-electron chi connectivity index (χ1n) is 9.17. The summed E-state index contributed by atoms with van der Waals surface area (Å²) in [6.07, 6.45) is 6.02. The lowest BCUT2D eigenvalue weighted by atomic mass is 9.86. The lowest BCUT2D eigenvalue weighted by Gasteiger charge is -2.21. The van der Waals surface area contributed by atoms with Crippen molar-refractivity contribution < 1.29 is 4.74 Å². The molecule has 5 heteroatoms. The summed E-state index contributed by atoms with van der Waals surface area (Å²) in [5, 5.41) is 7.15. The van der Waals surface area contributed by atoms with Gasteiger partial charge in [0.1, 0.15) is 5.75 Å². The smallest absolute Gasteiger partial charge is 0.206 e. The van der Waals surface area contributed by atoms with E-state index >= 15 is 0 Å². The number of aromatic nitrogens is 1. The number of ether oxygens (including phenoxy) is 1. The molecule has 0 aliphatic heterocycles. The predicted octanol–water partition coefficient (Wildman–Crippen LogP) is 4.95. The highest BCUT2D eigenvalue weighted by Crippen LogP contribution is 2.26. The summed E-state index contributed by atoms with van der Waals surface area (Å²) < 4.78 is 7.31. The van der Waals surface area contributed by atoms with E-state index in [1.54, 1.807) is 18.4 Å². The van der Waals surface area contributed by atoms with E-state index in [0.717, 1.165) is 47.1 Å². The predicted molar refractivity (Wildman–Crippen MR) is 105 cm³/mol. The minimum atomic E-state index is 0.769. The van der Waals surface area contributed by atoms with Gasteiger partial charge in [0.15, 0.2) is 0 Å². The maximum absolute atomic E-state index is 5.27. The molecule has 25 heavy (non-hydrogen) atoms. The molecule has 1 aliphatic rings. The molecule has 1 heterocycles. The largest absolute Gasteiger partial charge is 0.497 e. The van der Waals surface area contributed by atoms with Crippen LogP contribution in [0.25, 0.3) is 11.3 Å². The maximum Gasteiger partial charge on any atom is 0.206 e. The Bertz CT molecular complexity index is 776. The normalized spacial score (nSPS) is 18.4. The van der Waals surface area contributed by atoms with Crippen LogP contribution in [0.1, 0.15) is 46.0 Å². The number of benzene rings is 1. The van der Waals surface area contributed by atoms with Crippen molar-refractivity contribution >= 4 is 17.0 Å². The molecule has 4 nitrogen and oxygen atoms in total. The summed E-state index contributed by atoms with van der Waals surface area (Å²) >= 11 is 1.66. The molecule has 0 radical (unpaired) electrons. The summed E-state index contributed by atoms with van der Waals surface area (Å²) in [7, 11) is 1.69. The zero-order valence-corrected chi connectivity index (χ0v) is 16.2. The Kier molecular flexibility index (Phi) is 6.08. The third-order valence-corrected chi connectivity index (χ3v) is 5.72. The van der Waals surface area contributed by atoms with Crippen LogP contribution in [0.15, 0.2) is 39.7 Å². The van der Waals surface area contributed by atoms with Gasteiger partial charge in [-0.05, 0) is 62.8 Å². The Morgan fingerprint density at radius 3 is 2.48 bits per heavy atom. The number of hydrogen-bond acceptors (Lipinski definition) is 4. The standard InChI is InChI=1S/C20H27N3OS/c1-4-15-6-10-17(11-7-15)22-23-19(14-25-20(23)21-5-2)16-8-12-18(24-3)13-9-16/h8-9,12-15H,4-7,10-11H2,1-3H3. The Balaban J connectivity index is 1.96. The summed E-state index contributed by atoms with van der Waals surface area (Å²) in [5.41, 5.74) is 3.54. The molecule has 134 valence electrons. The van der Waals surface area contributed by atoms with Gasteiger partial charge in [-0.25, -0.2) is 4.68 Å². The molecule has 0 atom stereocenters. The summed E-state index contributed by atoms with van der Waals surface area (Å²) in [4.78, 5) is 5.60. The molecule has 0 saturated heterocycles. The lowest BCUT2D eigenvalue weighted by Crippen LogP contribution is -2.19. The molecule has 1 aromatic carbocycles. The number of nitrogens with zero attached hydrogens (tertiary/aromatic N) is 3. The van der Waals surface area contributed by atoms with Crippen molar-refractivity contribution in [2.75, 3.05) is 13.7 Å². The van der Waals surface area contributed by atoms with E-state index in [4.69, 9.17) is 9.84 Å². The average molecular weight is 358 g/mol. The van der Waals surface area contributed by atoms with Crippen LogP contribution in [0.3, 0.4) is 0 Å². The fourth-order valence-electron chi connectivity index (χ4n) is 3.26. The van der Waals surface area contributed by atoms with Crippen molar-refractivity contribution in [1.29, 1.82) is 0 Å². The molecule has 1 fully saturated rings. The highest BCUT2D eigenvalue weighted by molar-refractivity contribution is 7.07. The molecule has 0 amide bonds. The van der Waals surface area contributed by atoms with Crippen LogP contribution in [-0.4, -0.2) is 24.0 Å². The maximum atomic E-state index is 5.27. The van der Waals surface area contributed by atoms with E-state index in [1.807, 2.05) is 16.8 Å². The quantitative estimate of drug-likeness (QED) is 0.746. The fourth-order valence-corrected chi connectivity index (χ4v) is 4.16. The second-order valence-electron chi connectivity index (χ2n) is 6.44. The highest BCUT2D eigenvalue weighted by Gasteiger charge is 2.17. The molecule has 3 rings (SSSR count). The summed E-state index contributed by atoms with van der Waals surface area (Å²) in [5.74, 6) is 1.74. The van der Waals surface area contributed by atoms with Crippen LogP contribution in [0.4, 0.5) is 0 Å². The van der Waals surface area contributed by atoms with Gasteiger partial charge >= 0.3 is 0 Å². The molecule has 1 aliphatic carbocycles. The van der Waals surface area contributed by atoms with Crippen LogP contribution in [0.5, 0.6) is 5.75 Å². The van der Waals surface area contributed by atoms with Gasteiger partial charge in [-0.2, -0.15) is 5.10 Å². The van der Waals surface area contributed by atoms with Crippen molar-refractivity contribution in [2.24, 2.45) is 16.0 Å². The second kappa shape index (κ2) is 8.48. The average Bonchev–Trinajstić information content (AvgIpc) is 3.05. The molecule has 1 saturated carbocycles. The van der Waals surface area contributed by atoms with Crippen molar-refractivity contribution in [2.45, 2.75) is 46.0 Å². The Morgan fingerprint density at radius 2 is 1.88 bits per heavy atom. The van der Waals surface area contributed by atoms with Gasteiger partial charge in [-0.15, -0.1) is 11.3 Å². The number of hydrogen-bond donors (Lipinski definition) is 0. The van der Waals surface area contributed by atoms with Crippen LogP contribution in [0.2, 0.25) is 0 Å². The Hall–Kier alpha value is -1.88. The summed E-state index contributed by atoms with van der Waals surface area (Å²) in [6.45, 7) is 5.13. The number of rotatable bonds is 5. The minimum Gasteiger partial charge on any atom is -0.497 e. The third kappa shape index (κ3) is 4.21. The van der Waals surface area contributed by atoms with Crippen molar-refractivity contribution in [3.63, 3.8) is 0 Å². The van der Waals surface area contributed by atoms with Gasteiger partial charge in [0.2, 0.25) is 4.80 Å². The first-order valence-corrected chi connectivity index (χ1v) is 10.0. The highest BCUT2D eigenvalue weighted by atomic mass is 32.1. The van der Waals surface area contributed by atoms with Gasteiger partial charge in [0.05, 0.1) is 12.8 Å². The van der Waals surface area contributed by atoms with Crippen LogP contribution < -0.4 is 9.54 Å². The van der Waals surface area contributed by atoms with Crippen molar-refractivity contribution in [3.8, 4) is 17.0 Å². The van der Waals surface area contributed by atoms with Gasteiger partial charge in [0.25, 0.3) is 0 Å². The Morgan fingerprint density at radius 1 is 1.16 bits per heavy atom. The SMILES string of the molecule is CCN=c1scc(-c2ccc(OC)cc2)n1N=C1CCC(CC)CC1. The van der Waals surface area contributed by atoms with Gasteiger partial charge in [-0.1, -0.05) is 13.3 Å². The molecule has 0 unspecified atom stereocenters. The van der Waals surface area contributed by atoms with E-state index in [0.29, 0.717) is 0 Å². The Labute approximate surface area is 153 Å². The van der Waals surface area contributed by atoms with E-state index < -0.39 is 0 Å². The molecular formula is C20H27N3OS. The van der Waals surface area contributed by atoms with E-state index in [2.05, 4.69) is 36.4 Å². The van der Waals surface area contributed by atoms with Gasteiger partial charge in [0, 0.05) is 23.2 Å². The summed E-state index contributed by atoms with van der Waals surface area (Å²) in [6, 6.07) is 8.16. The van der Waals surface area contributed by atoms with E-state index in [1.165, 1.54) is 25.0 Å². The van der Waals surface area contributed by atoms with Crippen LogP contribution in [0, 0.1) is 5.92 Å². The number of methoxy groups -OCH3 is 1. The van der Waals surface area contributed by atoms with Gasteiger partial charge in [-0.3, -0.25) is 4.99 Å². The topological polar surface area (TPSA) is 38.9 Å². The number of thiazole rings is 1. The van der Waals surface area contributed by atoms with Crippen LogP contribution in [-0.2, 0) is 0 Å². The van der Waals surface area contributed by atoms with E-state index in [-0.39, 0.29) is 0 Å². The molecule has 0 bridgehead atoms. The minimum absolute atomic E-state index is 0.769. The monoisotopic (exact) mass is 357 g/mol. The lowest BCUT2D eigenvalue weighted by molar-refractivity contribution is 0.415. The molecular weight excluding hydrogens is 330 g/mol. The first kappa shape index (κ1) is 17.9. The molecule has 1 aromatic heterocycles. The van der Waals surface area contributed by atoms with Crippen molar-refractivity contribution in [3.05, 3.63) is 34.4 Å². The zero-order valence-electron chi connectivity index (χ0n) is 15.4. The fraction of sp³-hybridized carbons (Fsp3) is 0.500. The molecule has 0 spiro atoms. The molecule has 2 aromatic rings. The van der Waals surface area contributed by atoms with E-state index in [9.17, 15) is 0 Å². The van der Waals surface area contributed by atoms with Gasteiger partial charge < -0.3 is 4.74 Å². The molecule has 0 N–H and O–H groups in total. The zero-order chi connectivity index (χ0) is 17.6. The second-order valence-corrected chi connectivity index (χ2v) is 7.27. The first-order chi connectivity index (χ1) is 12.2.